The molecule has 0 bridgehead atoms. The first-order valence-corrected chi connectivity index (χ1v) is 8.38. The van der Waals surface area contributed by atoms with Crippen molar-refractivity contribution in [2.45, 2.75) is 6.92 Å². The summed E-state index contributed by atoms with van der Waals surface area (Å²) in [5.41, 5.74) is 0.197. The lowest BCUT2D eigenvalue weighted by atomic mass is 10.1. The minimum Gasteiger partial charge on any atom is -0.442 e. The number of amides is 1. The van der Waals surface area contributed by atoms with Gasteiger partial charge in [0.25, 0.3) is 5.91 Å². The van der Waals surface area contributed by atoms with Crippen LogP contribution in [0.15, 0.2) is 28.9 Å². The summed E-state index contributed by atoms with van der Waals surface area (Å²) >= 11 is 0. The van der Waals surface area contributed by atoms with Crippen LogP contribution in [0.3, 0.4) is 0 Å². The van der Waals surface area contributed by atoms with Gasteiger partial charge in [-0.05, 0) is 19.1 Å². The maximum absolute atomic E-state index is 13.9. The molecule has 0 atom stereocenters. The van der Waals surface area contributed by atoms with E-state index in [-0.39, 0.29) is 17.0 Å². The summed E-state index contributed by atoms with van der Waals surface area (Å²) in [6, 6.07) is 2.85. The number of aromatic nitrogens is 2. The molecule has 0 saturated carbocycles. The van der Waals surface area contributed by atoms with E-state index in [0.29, 0.717) is 43.3 Å². The number of hydrogen-bond donors (Lipinski definition) is 1. The van der Waals surface area contributed by atoms with Gasteiger partial charge in [-0.1, -0.05) is 0 Å². The number of carbonyl (C=O) groups is 1. The number of furan rings is 1. The third-order valence-electron chi connectivity index (χ3n) is 4.36. The Kier molecular flexibility index (Phi) is 4.44. The molecule has 27 heavy (non-hydrogen) atoms. The highest BCUT2D eigenvalue weighted by Gasteiger charge is 2.26. The summed E-state index contributed by atoms with van der Waals surface area (Å²) in [5, 5.41) is 2.84. The molecule has 1 aliphatic rings. The van der Waals surface area contributed by atoms with E-state index in [9.17, 15) is 13.6 Å². The number of nitrogens with zero attached hydrogens (tertiary/aromatic N) is 3. The minimum absolute atomic E-state index is 0.191. The molecule has 140 valence electrons. The molecule has 1 aromatic carbocycles. The number of morpholine rings is 1. The normalized spacial score (nSPS) is 14.6. The highest BCUT2D eigenvalue weighted by molar-refractivity contribution is 6.15. The fourth-order valence-corrected chi connectivity index (χ4v) is 3.10. The van der Waals surface area contributed by atoms with Gasteiger partial charge in [0.1, 0.15) is 29.5 Å². The quantitative estimate of drug-likeness (QED) is 0.759. The lowest BCUT2D eigenvalue weighted by Crippen LogP contribution is -2.37. The zero-order valence-electron chi connectivity index (χ0n) is 14.5. The second kappa shape index (κ2) is 6.92. The van der Waals surface area contributed by atoms with E-state index in [1.807, 2.05) is 4.90 Å². The lowest BCUT2D eigenvalue weighted by molar-refractivity contribution is 0.102. The summed E-state index contributed by atoms with van der Waals surface area (Å²) in [7, 11) is 0. The molecule has 3 aromatic rings. The number of nitrogens with one attached hydrogen (secondary N) is 1. The third kappa shape index (κ3) is 3.21. The van der Waals surface area contributed by atoms with Crippen molar-refractivity contribution in [3.63, 3.8) is 0 Å². The molecule has 1 amide bonds. The third-order valence-corrected chi connectivity index (χ3v) is 4.36. The molecule has 0 unspecified atom stereocenters. The Morgan fingerprint density at radius 2 is 2.00 bits per heavy atom. The average molecular weight is 374 g/mol. The van der Waals surface area contributed by atoms with Crippen LogP contribution in [0, 0.1) is 18.6 Å². The van der Waals surface area contributed by atoms with Gasteiger partial charge in [0.2, 0.25) is 5.71 Å². The molecular formula is C18H16F2N4O3. The van der Waals surface area contributed by atoms with Gasteiger partial charge in [-0.15, -0.1) is 0 Å². The van der Waals surface area contributed by atoms with Gasteiger partial charge in [-0.3, -0.25) is 4.79 Å². The van der Waals surface area contributed by atoms with Crippen LogP contribution in [0.25, 0.3) is 11.1 Å². The first-order chi connectivity index (χ1) is 13.0. The highest BCUT2D eigenvalue weighted by Crippen LogP contribution is 2.32. The fourth-order valence-electron chi connectivity index (χ4n) is 3.10. The van der Waals surface area contributed by atoms with E-state index in [2.05, 4.69) is 15.3 Å². The number of benzene rings is 1. The number of carbonyl (C=O) groups excluding carboxylic acids is 1. The van der Waals surface area contributed by atoms with Crippen LogP contribution >= 0.6 is 0 Å². The van der Waals surface area contributed by atoms with Crippen molar-refractivity contribution in [1.29, 1.82) is 0 Å². The van der Waals surface area contributed by atoms with Crippen LogP contribution < -0.4 is 10.2 Å². The Bertz CT molecular complexity index is 1020. The van der Waals surface area contributed by atoms with Gasteiger partial charge < -0.3 is 19.4 Å². The van der Waals surface area contributed by atoms with E-state index in [0.717, 1.165) is 18.2 Å². The number of rotatable bonds is 3. The Labute approximate surface area is 153 Å². The van der Waals surface area contributed by atoms with Crippen LogP contribution in [0.2, 0.25) is 0 Å². The topological polar surface area (TPSA) is 80.5 Å². The van der Waals surface area contributed by atoms with E-state index in [1.54, 1.807) is 6.92 Å². The number of hydrogen-bond acceptors (Lipinski definition) is 6. The van der Waals surface area contributed by atoms with Crippen molar-refractivity contribution >= 4 is 28.5 Å². The van der Waals surface area contributed by atoms with Crippen molar-refractivity contribution in [2.75, 3.05) is 36.5 Å². The van der Waals surface area contributed by atoms with Crippen molar-refractivity contribution in [3.8, 4) is 0 Å². The van der Waals surface area contributed by atoms with Crippen molar-refractivity contribution in [1.82, 2.24) is 9.97 Å². The van der Waals surface area contributed by atoms with Gasteiger partial charge in [0, 0.05) is 19.2 Å². The predicted molar refractivity (Wildman–Crippen MR) is 93.9 cm³/mol. The maximum atomic E-state index is 13.9. The number of fused-ring (bicyclic) bond motifs is 1. The van der Waals surface area contributed by atoms with Gasteiger partial charge in [0.15, 0.2) is 0 Å². The number of ether oxygens (including phenoxy) is 1. The number of halogens is 2. The van der Waals surface area contributed by atoms with E-state index in [4.69, 9.17) is 9.15 Å². The molecule has 1 aliphatic heterocycles. The van der Waals surface area contributed by atoms with Crippen LogP contribution in [-0.4, -0.2) is 42.2 Å². The Morgan fingerprint density at radius 3 is 2.78 bits per heavy atom. The first-order valence-electron chi connectivity index (χ1n) is 8.38. The zero-order valence-corrected chi connectivity index (χ0v) is 14.5. The molecule has 1 fully saturated rings. The Balaban J connectivity index is 1.77. The van der Waals surface area contributed by atoms with Crippen LogP contribution in [-0.2, 0) is 4.74 Å². The summed E-state index contributed by atoms with van der Waals surface area (Å²) in [6.45, 7) is 3.91. The van der Waals surface area contributed by atoms with E-state index in [1.165, 1.54) is 6.33 Å². The minimum atomic E-state index is -0.736. The van der Waals surface area contributed by atoms with Gasteiger partial charge >= 0.3 is 0 Å². The second-order valence-electron chi connectivity index (χ2n) is 6.09. The maximum Gasteiger partial charge on any atom is 0.260 e. The summed E-state index contributed by atoms with van der Waals surface area (Å²) in [4.78, 5) is 23.2. The molecule has 0 radical (unpaired) electrons. The molecule has 2 aromatic heterocycles. The van der Waals surface area contributed by atoms with Gasteiger partial charge in [0.05, 0.1) is 29.9 Å². The largest absolute Gasteiger partial charge is 0.442 e. The zero-order chi connectivity index (χ0) is 19.0. The van der Waals surface area contributed by atoms with Crippen LogP contribution in [0.1, 0.15) is 16.1 Å². The van der Waals surface area contributed by atoms with Crippen LogP contribution in [0.4, 0.5) is 20.3 Å². The summed E-state index contributed by atoms with van der Waals surface area (Å²) < 4.78 is 38.3. The van der Waals surface area contributed by atoms with Crippen LogP contribution in [0.5, 0.6) is 0 Å². The van der Waals surface area contributed by atoms with Crippen molar-refractivity contribution in [3.05, 3.63) is 47.5 Å². The monoisotopic (exact) mass is 374 g/mol. The predicted octanol–water partition coefficient (Wildman–Crippen LogP) is 2.90. The molecule has 7 nitrogen and oxygen atoms in total. The molecule has 0 spiro atoms. The molecule has 1 saturated heterocycles. The average Bonchev–Trinajstić information content (AvgIpc) is 3.01. The molecule has 4 rings (SSSR count). The molecule has 0 aliphatic carbocycles. The van der Waals surface area contributed by atoms with Gasteiger partial charge in [-0.2, -0.15) is 0 Å². The molecule has 3 heterocycles. The Hall–Kier alpha value is -3.07. The molecule has 9 heteroatoms. The van der Waals surface area contributed by atoms with Crippen molar-refractivity contribution in [2.24, 2.45) is 0 Å². The first kappa shape index (κ1) is 17.3. The summed E-state index contributed by atoms with van der Waals surface area (Å²) in [5.74, 6) is -1.16. The van der Waals surface area contributed by atoms with Crippen molar-refractivity contribution < 1.29 is 22.7 Å². The van der Waals surface area contributed by atoms with Gasteiger partial charge in [-0.25, -0.2) is 18.7 Å². The Morgan fingerprint density at radius 1 is 1.22 bits per heavy atom. The second-order valence-corrected chi connectivity index (χ2v) is 6.09. The lowest BCUT2D eigenvalue weighted by Gasteiger charge is -2.28. The highest BCUT2D eigenvalue weighted by atomic mass is 19.1. The van der Waals surface area contributed by atoms with E-state index >= 15 is 0 Å². The summed E-state index contributed by atoms with van der Waals surface area (Å²) in [6.07, 6.45) is 1.37. The number of anilines is 2. The number of aryl methyl sites for hydroxylation is 1. The molecular weight excluding hydrogens is 358 g/mol. The standard InChI is InChI=1S/C18H16F2N4O3/c1-10-14(17(25)23-13-8-11(19)2-3-12(13)20)15-16(21-9-22-18(15)27-10)24-4-6-26-7-5-24/h2-3,8-9H,4-7H2,1H3,(H,23,25). The van der Waals surface area contributed by atoms with E-state index < -0.39 is 17.5 Å². The smallest absolute Gasteiger partial charge is 0.260 e. The SMILES string of the molecule is Cc1oc2ncnc(N3CCOCC3)c2c1C(=O)Nc1cc(F)ccc1F. The molecule has 1 N–H and O–H groups in total. The fraction of sp³-hybridized carbons (Fsp3) is 0.278.